The van der Waals surface area contributed by atoms with Gasteiger partial charge in [0.1, 0.15) is 0 Å². The van der Waals surface area contributed by atoms with E-state index in [0.29, 0.717) is 16.4 Å². The zero-order valence-electron chi connectivity index (χ0n) is 12.7. The number of carbonyl (C=O) groups is 2. The number of amides is 2. The highest BCUT2D eigenvalue weighted by Crippen LogP contribution is 2.23. The summed E-state index contributed by atoms with van der Waals surface area (Å²) in [6.45, 7) is 5.62. The van der Waals surface area contributed by atoms with Crippen LogP contribution in [0, 0.1) is 20.8 Å². The number of benzene rings is 2. The van der Waals surface area contributed by atoms with Crippen LogP contribution >= 0.6 is 11.6 Å². The molecule has 0 saturated carbocycles. The summed E-state index contributed by atoms with van der Waals surface area (Å²) in [5.74, 6) is -1.45. The van der Waals surface area contributed by atoms with E-state index in [9.17, 15) is 9.59 Å². The number of hydrogen-bond donors (Lipinski definition) is 2. The van der Waals surface area contributed by atoms with Gasteiger partial charge >= 0.3 is 11.8 Å². The van der Waals surface area contributed by atoms with Crippen LogP contribution in [0.15, 0.2) is 36.4 Å². The molecular weight excluding hydrogens is 300 g/mol. The quantitative estimate of drug-likeness (QED) is 0.827. The van der Waals surface area contributed by atoms with Gasteiger partial charge in [-0.15, -0.1) is 0 Å². The van der Waals surface area contributed by atoms with Crippen LogP contribution in [0.3, 0.4) is 0 Å². The summed E-state index contributed by atoms with van der Waals surface area (Å²) in [5.41, 5.74) is 3.85. The van der Waals surface area contributed by atoms with Crippen molar-refractivity contribution < 1.29 is 9.59 Å². The minimum Gasteiger partial charge on any atom is -0.318 e. The van der Waals surface area contributed by atoms with Crippen LogP contribution in [0.25, 0.3) is 0 Å². The molecule has 22 heavy (non-hydrogen) atoms. The maximum atomic E-state index is 12.0. The first-order valence-electron chi connectivity index (χ1n) is 6.84. The summed E-state index contributed by atoms with van der Waals surface area (Å²) >= 11 is 5.99. The van der Waals surface area contributed by atoms with E-state index in [2.05, 4.69) is 10.6 Å². The monoisotopic (exact) mass is 316 g/mol. The summed E-state index contributed by atoms with van der Waals surface area (Å²) in [6, 6.07) is 10.7. The van der Waals surface area contributed by atoms with Gasteiger partial charge in [0, 0.05) is 16.4 Å². The number of hydrogen-bond acceptors (Lipinski definition) is 2. The second-order valence-electron chi connectivity index (χ2n) is 5.07. The maximum absolute atomic E-state index is 12.0. The molecular formula is C17H17ClN2O2. The standard InChI is InChI=1S/C17H17ClN2O2/c1-10-6-4-8-14(11(10)2)19-16(21)17(22)20-15-9-5-7-13(18)12(15)3/h4-9H,1-3H3,(H,19,21)(H,20,22). The third-order valence-electron chi connectivity index (χ3n) is 3.57. The third kappa shape index (κ3) is 3.46. The molecule has 0 aliphatic carbocycles. The first-order valence-corrected chi connectivity index (χ1v) is 7.21. The largest absolute Gasteiger partial charge is 0.318 e. The summed E-state index contributed by atoms with van der Waals surface area (Å²) in [7, 11) is 0. The molecule has 0 aliphatic heterocycles. The van der Waals surface area contributed by atoms with Gasteiger partial charge in [-0.05, 0) is 55.7 Å². The Balaban J connectivity index is 2.11. The van der Waals surface area contributed by atoms with Gasteiger partial charge in [0.15, 0.2) is 0 Å². The Kier molecular flexibility index (Phi) is 4.83. The predicted octanol–water partition coefficient (Wildman–Crippen LogP) is 3.84. The highest BCUT2D eigenvalue weighted by atomic mass is 35.5. The van der Waals surface area contributed by atoms with Crippen molar-refractivity contribution in [1.82, 2.24) is 0 Å². The number of anilines is 2. The first kappa shape index (κ1) is 16.0. The van der Waals surface area contributed by atoms with E-state index in [0.717, 1.165) is 16.7 Å². The van der Waals surface area contributed by atoms with E-state index >= 15 is 0 Å². The van der Waals surface area contributed by atoms with Crippen molar-refractivity contribution >= 4 is 34.8 Å². The van der Waals surface area contributed by atoms with Gasteiger partial charge in [-0.2, -0.15) is 0 Å². The smallest absolute Gasteiger partial charge is 0.314 e. The van der Waals surface area contributed by atoms with Crippen molar-refractivity contribution in [2.24, 2.45) is 0 Å². The Morgan fingerprint density at radius 1 is 0.818 bits per heavy atom. The summed E-state index contributed by atoms with van der Waals surface area (Å²) in [5, 5.41) is 5.73. The van der Waals surface area contributed by atoms with E-state index < -0.39 is 11.8 Å². The Bertz CT molecular complexity index is 678. The molecule has 0 saturated heterocycles. The van der Waals surface area contributed by atoms with Crippen molar-refractivity contribution in [3.05, 3.63) is 58.1 Å². The van der Waals surface area contributed by atoms with Crippen molar-refractivity contribution in [3.8, 4) is 0 Å². The van der Waals surface area contributed by atoms with E-state index in [1.54, 1.807) is 31.2 Å². The predicted molar refractivity (Wildman–Crippen MR) is 89.4 cm³/mol. The molecule has 2 rings (SSSR count). The topological polar surface area (TPSA) is 58.2 Å². The number of rotatable bonds is 2. The van der Waals surface area contributed by atoms with Crippen LogP contribution in [-0.4, -0.2) is 11.8 Å². The minimum absolute atomic E-state index is 0.522. The van der Waals surface area contributed by atoms with Gasteiger partial charge in [0.05, 0.1) is 0 Å². The number of aryl methyl sites for hydroxylation is 1. The van der Waals surface area contributed by atoms with Crippen LogP contribution in [0.4, 0.5) is 11.4 Å². The van der Waals surface area contributed by atoms with Crippen LogP contribution in [0.2, 0.25) is 5.02 Å². The molecule has 5 heteroatoms. The molecule has 2 aromatic rings. The first-order chi connectivity index (χ1) is 10.4. The van der Waals surface area contributed by atoms with Crippen molar-refractivity contribution in [3.63, 3.8) is 0 Å². The van der Waals surface area contributed by atoms with Crippen LogP contribution in [-0.2, 0) is 9.59 Å². The molecule has 0 bridgehead atoms. The third-order valence-corrected chi connectivity index (χ3v) is 3.98. The van der Waals surface area contributed by atoms with Crippen LogP contribution in [0.5, 0.6) is 0 Å². The zero-order valence-corrected chi connectivity index (χ0v) is 13.4. The lowest BCUT2D eigenvalue weighted by Crippen LogP contribution is -2.29. The minimum atomic E-state index is -0.730. The fourth-order valence-electron chi connectivity index (χ4n) is 1.99. The molecule has 0 aromatic heterocycles. The SMILES string of the molecule is Cc1cccc(NC(=O)C(=O)Nc2cccc(Cl)c2C)c1C. The highest BCUT2D eigenvalue weighted by Gasteiger charge is 2.16. The van der Waals surface area contributed by atoms with Crippen molar-refractivity contribution in [2.75, 3.05) is 10.6 Å². The Morgan fingerprint density at radius 2 is 1.32 bits per heavy atom. The van der Waals surface area contributed by atoms with E-state index in [4.69, 9.17) is 11.6 Å². The van der Waals surface area contributed by atoms with Crippen molar-refractivity contribution in [2.45, 2.75) is 20.8 Å². The van der Waals surface area contributed by atoms with Gasteiger partial charge in [-0.25, -0.2) is 0 Å². The summed E-state index contributed by atoms with van der Waals surface area (Å²) in [6.07, 6.45) is 0. The van der Waals surface area contributed by atoms with E-state index in [1.165, 1.54) is 0 Å². The summed E-state index contributed by atoms with van der Waals surface area (Å²) in [4.78, 5) is 24.0. The number of carbonyl (C=O) groups excluding carboxylic acids is 2. The lowest BCUT2D eigenvalue weighted by molar-refractivity contribution is -0.133. The van der Waals surface area contributed by atoms with E-state index in [-0.39, 0.29) is 0 Å². The van der Waals surface area contributed by atoms with Gasteiger partial charge in [-0.3, -0.25) is 9.59 Å². The molecule has 0 aliphatic rings. The molecule has 0 spiro atoms. The second-order valence-corrected chi connectivity index (χ2v) is 5.48. The Morgan fingerprint density at radius 3 is 1.91 bits per heavy atom. The van der Waals surface area contributed by atoms with Gasteiger partial charge in [0.25, 0.3) is 0 Å². The maximum Gasteiger partial charge on any atom is 0.314 e. The highest BCUT2D eigenvalue weighted by molar-refractivity contribution is 6.44. The Hall–Kier alpha value is -2.33. The lowest BCUT2D eigenvalue weighted by Gasteiger charge is -2.12. The second kappa shape index (κ2) is 6.62. The molecule has 2 aromatic carbocycles. The molecule has 0 fully saturated rings. The summed E-state index contributed by atoms with van der Waals surface area (Å²) < 4.78 is 0. The number of halogens is 1. The molecule has 0 atom stereocenters. The average Bonchev–Trinajstić information content (AvgIpc) is 2.48. The fraction of sp³-hybridized carbons (Fsp3) is 0.176. The normalized spacial score (nSPS) is 10.2. The molecule has 114 valence electrons. The lowest BCUT2D eigenvalue weighted by atomic mass is 10.1. The van der Waals surface area contributed by atoms with Crippen LogP contribution < -0.4 is 10.6 Å². The molecule has 0 unspecified atom stereocenters. The van der Waals surface area contributed by atoms with Crippen molar-refractivity contribution in [1.29, 1.82) is 0 Å². The molecule has 0 radical (unpaired) electrons. The zero-order chi connectivity index (χ0) is 16.3. The fourth-order valence-corrected chi connectivity index (χ4v) is 2.16. The van der Waals surface area contributed by atoms with Gasteiger partial charge in [-0.1, -0.05) is 29.8 Å². The average molecular weight is 317 g/mol. The Labute approximate surface area is 134 Å². The molecule has 2 N–H and O–H groups in total. The molecule has 0 heterocycles. The molecule has 4 nitrogen and oxygen atoms in total. The van der Waals surface area contributed by atoms with E-state index in [1.807, 2.05) is 26.0 Å². The van der Waals surface area contributed by atoms with Gasteiger partial charge in [0.2, 0.25) is 0 Å². The van der Waals surface area contributed by atoms with Crippen LogP contribution in [0.1, 0.15) is 16.7 Å². The van der Waals surface area contributed by atoms with Gasteiger partial charge < -0.3 is 10.6 Å². The number of nitrogens with one attached hydrogen (secondary N) is 2. The molecule has 2 amide bonds.